The number of hydrogen-bond acceptors (Lipinski definition) is 7. The SMILES string of the molecule is CS(=O)(=O)N1C[C@H]2NCCN(c3nc(=O)n4c5c(c(-c6ccc(F)cc6F)c(Cl)cc35)SCC4)[C@H]2C1. The number of anilines is 1. The highest BCUT2D eigenvalue weighted by atomic mass is 35.5. The van der Waals surface area contributed by atoms with Gasteiger partial charge in [0, 0.05) is 72.0 Å². The van der Waals surface area contributed by atoms with Crippen molar-refractivity contribution < 1.29 is 17.2 Å². The van der Waals surface area contributed by atoms with Gasteiger partial charge >= 0.3 is 5.69 Å². The molecule has 8 nitrogen and oxygen atoms in total. The van der Waals surface area contributed by atoms with Crippen LogP contribution in [0.3, 0.4) is 0 Å². The zero-order valence-corrected chi connectivity index (χ0v) is 21.6. The van der Waals surface area contributed by atoms with Gasteiger partial charge in [-0.1, -0.05) is 11.6 Å². The maximum absolute atomic E-state index is 14.8. The smallest absolute Gasteiger partial charge is 0.349 e. The predicted octanol–water partition coefficient (Wildman–Crippen LogP) is 2.52. The Balaban J connectivity index is 1.56. The van der Waals surface area contributed by atoms with Crippen LogP contribution in [0, 0.1) is 11.6 Å². The minimum atomic E-state index is -3.38. The Morgan fingerprint density at radius 3 is 2.75 bits per heavy atom. The molecular formula is C23H22ClF2N5O3S2. The van der Waals surface area contributed by atoms with E-state index in [1.54, 1.807) is 10.6 Å². The van der Waals surface area contributed by atoms with Gasteiger partial charge in [-0.15, -0.1) is 11.8 Å². The van der Waals surface area contributed by atoms with Crippen LogP contribution in [0.15, 0.2) is 34.0 Å². The normalized spacial score (nSPS) is 22.3. The summed E-state index contributed by atoms with van der Waals surface area (Å²) in [5.41, 5.74) is 0.753. The number of halogens is 3. The third-order valence-corrected chi connectivity index (χ3v) is 9.68. The molecule has 6 rings (SSSR count). The number of benzene rings is 2. The fourth-order valence-electron chi connectivity index (χ4n) is 5.45. The molecule has 0 radical (unpaired) electrons. The second kappa shape index (κ2) is 8.66. The number of nitrogens with one attached hydrogen (secondary N) is 1. The molecule has 1 aromatic heterocycles. The van der Waals surface area contributed by atoms with Crippen molar-refractivity contribution in [2.24, 2.45) is 0 Å². The molecule has 1 N–H and O–H groups in total. The third kappa shape index (κ3) is 3.81. The minimum Gasteiger partial charge on any atom is -0.349 e. The number of piperazine rings is 1. The fraction of sp³-hybridized carbons (Fsp3) is 0.391. The van der Waals surface area contributed by atoms with E-state index >= 15 is 0 Å². The molecule has 3 aromatic rings. The van der Waals surface area contributed by atoms with Crippen LogP contribution < -0.4 is 15.9 Å². The first-order chi connectivity index (χ1) is 17.1. The van der Waals surface area contributed by atoms with Gasteiger partial charge in [0.2, 0.25) is 10.0 Å². The van der Waals surface area contributed by atoms with Crippen LogP contribution in [-0.2, 0) is 16.6 Å². The van der Waals surface area contributed by atoms with Crippen molar-refractivity contribution in [3.05, 3.63) is 51.4 Å². The van der Waals surface area contributed by atoms with Crippen LogP contribution in [-0.4, -0.2) is 72.5 Å². The molecule has 13 heteroatoms. The molecule has 36 heavy (non-hydrogen) atoms. The van der Waals surface area contributed by atoms with E-state index in [-0.39, 0.29) is 29.2 Å². The zero-order chi connectivity index (χ0) is 25.4. The number of hydrogen-bond donors (Lipinski definition) is 1. The maximum Gasteiger partial charge on any atom is 0.350 e. The highest BCUT2D eigenvalue weighted by Gasteiger charge is 2.43. The van der Waals surface area contributed by atoms with Crippen LogP contribution >= 0.6 is 23.4 Å². The first-order valence-electron chi connectivity index (χ1n) is 11.4. The maximum atomic E-state index is 14.8. The topological polar surface area (TPSA) is 87.5 Å². The van der Waals surface area contributed by atoms with Gasteiger partial charge in [0.05, 0.1) is 22.8 Å². The highest BCUT2D eigenvalue weighted by Crippen LogP contribution is 2.46. The van der Waals surface area contributed by atoms with Gasteiger partial charge in [0.25, 0.3) is 0 Å². The summed E-state index contributed by atoms with van der Waals surface area (Å²) in [4.78, 5) is 20.3. The van der Waals surface area contributed by atoms with E-state index in [4.69, 9.17) is 11.6 Å². The molecular weight excluding hydrogens is 532 g/mol. The highest BCUT2D eigenvalue weighted by molar-refractivity contribution is 7.99. The number of nitrogens with zero attached hydrogens (tertiary/aromatic N) is 4. The van der Waals surface area contributed by atoms with Gasteiger partial charge < -0.3 is 10.2 Å². The Hall–Kier alpha value is -2.25. The lowest BCUT2D eigenvalue weighted by Gasteiger charge is -2.39. The van der Waals surface area contributed by atoms with Crippen molar-refractivity contribution in [3.63, 3.8) is 0 Å². The van der Waals surface area contributed by atoms with E-state index in [1.807, 2.05) is 4.90 Å². The minimum absolute atomic E-state index is 0.113. The number of aryl methyl sites for hydroxylation is 1. The summed E-state index contributed by atoms with van der Waals surface area (Å²) < 4.78 is 55.9. The van der Waals surface area contributed by atoms with Gasteiger partial charge in [-0.05, 0) is 18.2 Å². The quantitative estimate of drug-likeness (QED) is 0.533. The lowest BCUT2D eigenvalue weighted by molar-refractivity contribution is 0.421. The van der Waals surface area contributed by atoms with Gasteiger partial charge in [-0.2, -0.15) is 9.29 Å². The molecule has 2 aromatic carbocycles. The fourth-order valence-corrected chi connectivity index (χ4v) is 7.86. The van der Waals surface area contributed by atoms with Gasteiger partial charge in [0.1, 0.15) is 17.5 Å². The Morgan fingerprint density at radius 1 is 1.19 bits per heavy atom. The van der Waals surface area contributed by atoms with E-state index in [0.29, 0.717) is 59.1 Å². The molecule has 0 unspecified atom stereocenters. The largest absolute Gasteiger partial charge is 0.350 e. The van der Waals surface area contributed by atoms with Gasteiger partial charge in [0.15, 0.2) is 0 Å². The molecule has 3 aliphatic rings. The summed E-state index contributed by atoms with van der Waals surface area (Å²) in [6.45, 7) is 2.17. The molecule has 0 bridgehead atoms. The molecule has 0 amide bonds. The summed E-state index contributed by atoms with van der Waals surface area (Å²) >= 11 is 8.21. The summed E-state index contributed by atoms with van der Waals surface area (Å²) in [6.07, 6.45) is 1.19. The van der Waals surface area contributed by atoms with Crippen molar-refractivity contribution in [3.8, 4) is 11.1 Å². The first-order valence-corrected chi connectivity index (χ1v) is 14.6. The summed E-state index contributed by atoms with van der Waals surface area (Å²) in [5, 5.41) is 4.29. The average molecular weight is 554 g/mol. The van der Waals surface area contributed by atoms with E-state index in [1.165, 1.54) is 34.5 Å². The first kappa shape index (κ1) is 24.1. The van der Waals surface area contributed by atoms with E-state index in [9.17, 15) is 22.0 Å². The molecule has 2 fully saturated rings. The molecule has 0 aliphatic carbocycles. The third-order valence-electron chi connectivity index (χ3n) is 7.07. The van der Waals surface area contributed by atoms with Crippen LogP contribution in [0.2, 0.25) is 5.02 Å². The predicted molar refractivity (Wildman–Crippen MR) is 136 cm³/mol. The van der Waals surface area contributed by atoms with Crippen molar-refractivity contribution >= 4 is 50.1 Å². The van der Waals surface area contributed by atoms with Crippen molar-refractivity contribution in [2.45, 2.75) is 23.5 Å². The van der Waals surface area contributed by atoms with Crippen LogP contribution in [0.4, 0.5) is 14.6 Å². The Labute approximate surface area is 215 Å². The second-order valence-electron chi connectivity index (χ2n) is 9.20. The Kier molecular flexibility index (Phi) is 5.80. The number of rotatable bonds is 3. The lowest BCUT2D eigenvalue weighted by Crippen LogP contribution is -2.58. The summed E-state index contributed by atoms with van der Waals surface area (Å²) in [7, 11) is -3.38. The van der Waals surface area contributed by atoms with Crippen LogP contribution in [0.5, 0.6) is 0 Å². The Bertz CT molecular complexity index is 1580. The molecule has 4 heterocycles. The molecule has 2 atom stereocenters. The van der Waals surface area contributed by atoms with E-state index in [0.717, 1.165) is 6.07 Å². The number of aromatic nitrogens is 2. The number of thioether (sulfide) groups is 1. The van der Waals surface area contributed by atoms with Crippen molar-refractivity contribution in [1.82, 2.24) is 19.2 Å². The lowest BCUT2D eigenvalue weighted by atomic mass is 10.0. The molecule has 0 saturated carbocycles. The van der Waals surface area contributed by atoms with Crippen molar-refractivity contribution in [2.75, 3.05) is 43.1 Å². The van der Waals surface area contributed by atoms with E-state index in [2.05, 4.69) is 10.3 Å². The van der Waals surface area contributed by atoms with Gasteiger partial charge in [-0.3, -0.25) is 4.57 Å². The molecule has 0 spiro atoms. The average Bonchev–Trinajstić information content (AvgIpc) is 3.27. The van der Waals surface area contributed by atoms with Crippen LogP contribution in [0.1, 0.15) is 0 Å². The summed E-state index contributed by atoms with van der Waals surface area (Å²) in [5.74, 6) is -0.416. The number of fused-ring (bicyclic) bond motifs is 1. The molecule has 190 valence electrons. The van der Waals surface area contributed by atoms with Crippen LogP contribution in [0.25, 0.3) is 22.0 Å². The second-order valence-corrected chi connectivity index (χ2v) is 12.7. The molecule has 2 saturated heterocycles. The van der Waals surface area contributed by atoms with Gasteiger partial charge in [-0.25, -0.2) is 22.0 Å². The van der Waals surface area contributed by atoms with Crippen molar-refractivity contribution in [1.29, 1.82) is 0 Å². The monoisotopic (exact) mass is 553 g/mol. The van der Waals surface area contributed by atoms with E-state index < -0.39 is 27.3 Å². The summed E-state index contributed by atoms with van der Waals surface area (Å²) in [6, 6.07) is 4.70. The standard InChI is InChI=1S/C23H22ClF2N5O3S2/c1-36(33,34)29-10-17-18(11-29)30(5-4-27-17)22-14-9-15(24)19(13-3-2-12(25)8-16(13)26)21-20(14)31(6-7-35-21)23(32)28-22/h2-3,8-9,17-18,27H,4-7,10-11H2,1H3/t17-,18+/m1/s1. The zero-order valence-electron chi connectivity index (χ0n) is 19.2. The number of sulfonamides is 1. The molecule has 3 aliphatic heterocycles. The Morgan fingerprint density at radius 2 is 2.00 bits per heavy atom.